The van der Waals surface area contributed by atoms with E-state index in [0.717, 1.165) is 30.5 Å². The van der Waals surface area contributed by atoms with Crippen LogP contribution >= 0.6 is 12.4 Å². The third-order valence-electron chi connectivity index (χ3n) is 4.37. The molecule has 0 bridgehead atoms. The molecule has 6 heteroatoms. The number of hydrogen-bond donors (Lipinski definition) is 2. The highest BCUT2D eigenvalue weighted by Crippen LogP contribution is 2.24. The molecular formula is C18H24ClN3O2. The molecule has 2 unspecified atom stereocenters. The van der Waals surface area contributed by atoms with Gasteiger partial charge in [-0.25, -0.2) is 4.98 Å². The lowest BCUT2D eigenvalue weighted by Gasteiger charge is -2.09. The van der Waals surface area contributed by atoms with E-state index in [1.807, 2.05) is 31.2 Å². The number of oxazole rings is 1. The van der Waals surface area contributed by atoms with Crippen LogP contribution in [0.4, 0.5) is 0 Å². The lowest BCUT2D eigenvalue weighted by molar-refractivity contribution is -0.124. The van der Waals surface area contributed by atoms with Gasteiger partial charge in [0.1, 0.15) is 6.26 Å². The third-order valence-corrected chi connectivity index (χ3v) is 4.37. The summed E-state index contributed by atoms with van der Waals surface area (Å²) in [4.78, 5) is 16.5. The molecule has 2 atom stereocenters. The van der Waals surface area contributed by atoms with Crippen LogP contribution in [-0.2, 0) is 11.2 Å². The highest BCUT2D eigenvalue weighted by Gasteiger charge is 2.27. The summed E-state index contributed by atoms with van der Waals surface area (Å²) in [5.41, 5.74) is 8.87. The van der Waals surface area contributed by atoms with Crippen molar-refractivity contribution in [1.82, 2.24) is 10.3 Å². The fourth-order valence-electron chi connectivity index (χ4n) is 2.96. The van der Waals surface area contributed by atoms with E-state index in [0.29, 0.717) is 18.9 Å². The van der Waals surface area contributed by atoms with Gasteiger partial charge in [-0.1, -0.05) is 17.7 Å². The zero-order valence-corrected chi connectivity index (χ0v) is 14.6. The van der Waals surface area contributed by atoms with Crippen LogP contribution in [0, 0.1) is 12.8 Å². The predicted molar refractivity (Wildman–Crippen MR) is 96.0 cm³/mol. The molecule has 3 N–H and O–H groups in total. The minimum atomic E-state index is 0. The molecule has 1 amide bonds. The first-order valence-corrected chi connectivity index (χ1v) is 8.16. The van der Waals surface area contributed by atoms with Crippen molar-refractivity contribution in [2.45, 2.75) is 38.6 Å². The van der Waals surface area contributed by atoms with Crippen molar-refractivity contribution in [2.24, 2.45) is 11.7 Å². The molecule has 5 nitrogen and oxygen atoms in total. The predicted octanol–water partition coefficient (Wildman–Crippen LogP) is 2.86. The maximum Gasteiger partial charge on any atom is 0.226 e. The van der Waals surface area contributed by atoms with Crippen LogP contribution in [0.2, 0.25) is 0 Å². The number of carbonyl (C=O) groups excluding carboxylic acids is 1. The van der Waals surface area contributed by atoms with E-state index in [9.17, 15) is 4.79 Å². The second kappa shape index (κ2) is 8.31. The van der Waals surface area contributed by atoms with Gasteiger partial charge in [-0.05, 0) is 38.3 Å². The molecule has 24 heavy (non-hydrogen) atoms. The summed E-state index contributed by atoms with van der Waals surface area (Å²) in [6.07, 6.45) is 4.97. The number of aryl methyl sites for hydroxylation is 1. The molecule has 1 aromatic carbocycles. The fraction of sp³-hybridized carbons (Fsp3) is 0.444. The molecule has 3 rings (SSSR count). The van der Waals surface area contributed by atoms with E-state index in [1.54, 1.807) is 6.26 Å². The van der Waals surface area contributed by atoms with Gasteiger partial charge in [-0.2, -0.15) is 0 Å². The number of amides is 1. The molecule has 0 aliphatic heterocycles. The molecule has 2 aromatic rings. The van der Waals surface area contributed by atoms with Crippen LogP contribution in [0.5, 0.6) is 0 Å². The summed E-state index contributed by atoms with van der Waals surface area (Å²) in [7, 11) is 0. The molecule has 0 radical (unpaired) electrons. The Morgan fingerprint density at radius 2 is 2.08 bits per heavy atom. The van der Waals surface area contributed by atoms with Crippen LogP contribution in [0.15, 0.2) is 34.9 Å². The normalized spacial score (nSPS) is 19.8. The van der Waals surface area contributed by atoms with E-state index in [-0.39, 0.29) is 30.3 Å². The highest BCUT2D eigenvalue weighted by molar-refractivity contribution is 5.85. The minimum Gasteiger partial charge on any atom is -0.444 e. The fourth-order valence-corrected chi connectivity index (χ4v) is 2.96. The SMILES string of the molecule is Cc1ccc(-c2nc(CCNC(=O)C3CCC(N)C3)co2)cc1.Cl. The zero-order chi connectivity index (χ0) is 16.2. The smallest absolute Gasteiger partial charge is 0.226 e. The highest BCUT2D eigenvalue weighted by atomic mass is 35.5. The summed E-state index contributed by atoms with van der Waals surface area (Å²) in [5, 5.41) is 2.97. The van der Waals surface area contributed by atoms with Gasteiger partial charge in [-0.15, -0.1) is 12.4 Å². The first-order chi connectivity index (χ1) is 11.1. The number of nitrogens with one attached hydrogen (secondary N) is 1. The second-order valence-corrected chi connectivity index (χ2v) is 6.32. The molecule has 130 valence electrons. The van der Waals surface area contributed by atoms with Gasteiger partial charge < -0.3 is 15.5 Å². The van der Waals surface area contributed by atoms with Crippen LogP contribution in [0.3, 0.4) is 0 Å². The van der Waals surface area contributed by atoms with Crippen molar-refractivity contribution in [2.75, 3.05) is 6.54 Å². The van der Waals surface area contributed by atoms with Crippen LogP contribution in [0.1, 0.15) is 30.5 Å². The van der Waals surface area contributed by atoms with Gasteiger partial charge >= 0.3 is 0 Å². The summed E-state index contributed by atoms with van der Waals surface area (Å²) in [6, 6.07) is 8.24. The summed E-state index contributed by atoms with van der Waals surface area (Å²) in [6.45, 7) is 2.62. The number of hydrogen-bond acceptors (Lipinski definition) is 4. The van der Waals surface area contributed by atoms with Gasteiger partial charge in [-0.3, -0.25) is 4.79 Å². The van der Waals surface area contributed by atoms with Crippen molar-refractivity contribution >= 4 is 18.3 Å². The van der Waals surface area contributed by atoms with Crippen molar-refractivity contribution in [1.29, 1.82) is 0 Å². The number of halogens is 1. The van der Waals surface area contributed by atoms with Crippen molar-refractivity contribution < 1.29 is 9.21 Å². The first kappa shape index (κ1) is 18.5. The summed E-state index contributed by atoms with van der Waals surface area (Å²) >= 11 is 0. The summed E-state index contributed by atoms with van der Waals surface area (Å²) in [5.74, 6) is 0.804. The van der Waals surface area contributed by atoms with E-state index >= 15 is 0 Å². The Hall–Kier alpha value is -1.85. The van der Waals surface area contributed by atoms with Crippen LogP contribution in [0.25, 0.3) is 11.5 Å². The lowest BCUT2D eigenvalue weighted by Crippen LogP contribution is -2.31. The standard InChI is InChI=1S/C18H23N3O2.ClH/c1-12-2-4-13(5-3-12)18-21-16(11-23-18)8-9-20-17(22)14-6-7-15(19)10-14;/h2-5,11,14-15H,6-10,19H2,1H3,(H,20,22);1H. The quantitative estimate of drug-likeness (QED) is 0.869. The number of benzene rings is 1. The van der Waals surface area contributed by atoms with Crippen molar-refractivity contribution in [3.8, 4) is 11.5 Å². The van der Waals surface area contributed by atoms with Gasteiger partial charge in [0.2, 0.25) is 11.8 Å². The number of nitrogens with two attached hydrogens (primary N) is 1. The average molecular weight is 350 g/mol. The summed E-state index contributed by atoms with van der Waals surface area (Å²) < 4.78 is 5.52. The van der Waals surface area contributed by atoms with Crippen molar-refractivity contribution in [3.63, 3.8) is 0 Å². The number of aromatic nitrogens is 1. The maximum atomic E-state index is 12.0. The minimum absolute atomic E-state index is 0. The maximum absolute atomic E-state index is 12.0. The van der Waals surface area contributed by atoms with Gasteiger partial charge in [0.25, 0.3) is 0 Å². The van der Waals surface area contributed by atoms with E-state index in [1.165, 1.54) is 5.56 Å². The largest absolute Gasteiger partial charge is 0.444 e. The molecule has 1 fully saturated rings. The molecule has 1 saturated carbocycles. The topological polar surface area (TPSA) is 81.2 Å². The molecule has 1 aliphatic rings. The van der Waals surface area contributed by atoms with Gasteiger partial charge in [0, 0.05) is 30.5 Å². The molecule has 1 aromatic heterocycles. The zero-order valence-electron chi connectivity index (χ0n) is 13.8. The van der Waals surface area contributed by atoms with E-state index < -0.39 is 0 Å². The Kier molecular flexibility index (Phi) is 6.40. The molecule has 1 aliphatic carbocycles. The Labute approximate surface area is 148 Å². The number of nitrogens with zero attached hydrogens (tertiary/aromatic N) is 1. The first-order valence-electron chi connectivity index (χ1n) is 8.16. The number of carbonyl (C=O) groups is 1. The number of rotatable bonds is 5. The molecule has 0 saturated heterocycles. The Morgan fingerprint density at radius 3 is 2.75 bits per heavy atom. The van der Waals surface area contributed by atoms with Crippen LogP contribution in [-0.4, -0.2) is 23.5 Å². The Morgan fingerprint density at radius 1 is 1.33 bits per heavy atom. The van der Waals surface area contributed by atoms with Gasteiger partial charge in [0.05, 0.1) is 5.69 Å². The third kappa shape index (κ3) is 4.58. The lowest BCUT2D eigenvalue weighted by atomic mass is 10.1. The molecule has 0 spiro atoms. The Bertz CT molecular complexity index is 669. The monoisotopic (exact) mass is 349 g/mol. The van der Waals surface area contributed by atoms with E-state index in [2.05, 4.69) is 10.3 Å². The van der Waals surface area contributed by atoms with Crippen molar-refractivity contribution in [3.05, 3.63) is 41.8 Å². The Balaban J connectivity index is 0.00000208. The second-order valence-electron chi connectivity index (χ2n) is 6.32. The molecule has 1 heterocycles. The van der Waals surface area contributed by atoms with E-state index in [4.69, 9.17) is 10.2 Å². The average Bonchev–Trinajstić information content (AvgIpc) is 3.17. The molecular weight excluding hydrogens is 326 g/mol. The van der Waals surface area contributed by atoms with Crippen LogP contribution < -0.4 is 11.1 Å². The van der Waals surface area contributed by atoms with Gasteiger partial charge in [0.15, 0.2) is 0 Å².